The molecule has 2 amide bonds. The van der Waals surface area contributed by atoms with Crippen LogP contribution >= 0.6 is 27.7 Å². The van der Waals surface area contributed by atoms with Crippen molar-refractivity contribution in [2.24, 2.45) is 0 Å². The van der Waals surface area contributed by atoms with E-state index in [1.807, 2.05) is 13.8 Å². The summed E-state index contributed by atoms with van der Waals surface area (Å²) in [6.45, 7) is 3.80. The molecule has 0 N–H and O–H groups in total. The van der Waals surface area contributed by atoms with E-state index in [1.54, 1.807) is 25.3 Å². The van der Waals surface area contributed by atoms with Gasteiger partial charge >= 0.3 is 0 Å². The van der Waals surface area contributed by atoms with Gasteiger partial charge in [0.2, 0.25) is 0 Å². The second kappa shape index (κ2) is 7.77. The van der Waals surface area contributed by atoms with Crippen LogP contribution in [0.1, 0.15) is 19.4 Å². The fourth-order valence-electron chi connectivity index (χ4n) is 2.05. The first-order valence-corrected chi connectivity index (χ1v) is 8.71. The maximum atomic E-state index is 12.2. The highest BCUT2D eigenvalue weighted by Crippen LogP contribution is 2.39. The van der Waals surface area contributed by atoms with Gasteiger partial charge in [-0.1, -0.05) is 5.92 Å². The Bertz CT molecular complexity index is 752. The molecule has 0 saturated carbocycles. The van der Waals surface area contributed by atoms with E-state index in [0.29, 0.717) is 26.4 Å². The highest BCUT2D eigenvalue weighted by molar-refractivity contribution is 9.10. The Kier molecular flexibility index (Phi) is 5.97. The van der Waals surface area contributed by atoms with Crippen molar-refractivity contribution < 1.29 is 19.1 Å². The molecule has 0 aliphatic carbocycles. The molecule has 0 spiro atoms. The Labute approximate surface area is 153 Å². The number of thioether (sulfide) groups is 1. The van der Waals surface area contributed by atoms with Gasteiger partial charge in [-0.15, -0.1) is 6.42 Å². The predicted molar refractivity (Wildman–Crippen MR) is 98.0 cm³/mol. The van der Waals surface area contributed by atoms with Crippen molar-refractivity contribution in [2.45, 2.75) is 20.0 Å². The second-order valence-corrected chi connectivity index (χ2v) is 7.02. The number of benzene rings is 1. The Balaban J connectivity index is 2.37. The smallest absolute Gasteiger partial charge is 0.294 e. The zero-order chi connectivity index (χ0) is 17.9. The van der Waals surface area contributed by atoms with Crippen LogP contribution in [0.3, 0.4) is 0 Å². The summed E-state index contributed by atoms with van der Waals surface area (Å²) in [5, 5.41) is -0.366. The Morgan fingerprint density at radius 3 is 2.71 bits per heavy atom. The summed E-state index contributed by atoms with van der Waals surface area (Å²) < 4.78 is 11.8. The third-order valence-electron chi connectivity index (χ3n) is 3.03. The number of methoxy groups -OCH3 is 1. The van der Waals surface area contributed by atoms with Crippen molar-refractivity contribution in [3.63, 3.8) is 0 Å². The Morgan fingerprint density at radius 1 is 1.42 bits per heavy atom. The van der Waals surface area contributed by atoms with Crippen molar-refractivity contribution in [1.29, 1.82) is 0 Å². The van der Waals surface area contributed by atoms with Crippen molar-refractivity contribution in [1.82, 2.24) is 4.90 Å². The fraction of sp³-hybridized carbons (Fsp3) is 0.294. The van der Waals surface area contributed by atoms with Gasteiger partial charge in [0.25, 0.3) is 11.1 Å². The molecule has 1 heterocycles. The minimum atomic E-state index is -0.388. The Morgan fingerprint density at radius 2 is 2.12 bits per heavy atom. The molecule has 0 aromatic heterocycles. The first kappa shape index (κ1) is 18.4. The van der Waals surface area contributed by atoms with Crippen LogP contribution in [0.4, 0.5) is 4.79 Å². The summed E-state index contributed by atoms with van der Waals surface area (Å²) in [6.07, 6.45) is 6.80. The van der Waals surface area contributed by atoms with E-state index in [9.17, 15) is 9.59 Å². The van der Waals surface area contributed by atoms with E-state index >= 15 is 0 Å². The lowest BCUT2D eigenvalue weighted by Gasteiger charge is -2.16. The molecule has 1 aromatic carbocycles. The lowest BCUT2D eigenvalue weighted by atomic mass is 10.1. The second-order valence-electron chi connectivity index (χ2n) is 5.17. The summed E-state index contributed by atoms with van der Waals surface area (Å²) in [4.78, 5) is 25.4. The van der Waals surface area contributed by atoms with Crippen LogP contribution in [0, 0.1) is 12.3 Å². The summed E-state index contributed by atoms with van der Waals surface area (Å²) in [7, 11) is 1.54. The minimum Gasteiger partial charge on any atom is -0.493 e. The molecule has 7 heteroatoms. The molecular formula is C17H16BrNO4S. The van der Waals surface area contributed by atoms with Gasteiger partial charge in [0, 0.05) is 0 Å². The maximum absolute atomic E-state index is 12.2. The summed E-state index contributed by atoms with van der Waals surface area (Å²) in [5.41, 5.74) is 0.709. The maximum Gasteiger partial charge on any atom is 0.294 e. The molecule has 5 nitrogen and oxygen atoms in total. The largest absolute Gasteiger partial charge is 0.493 e. The van der Waals surface area contributed by atoms with E-state index in [1.165, 1.54) is 0 Å². The summed E-state index contributed by atoms with van der Waals surface area (Å²) in [5.74, 6) is 3.04. The third-order valence-corrected chi connectivity index (χ3v) is 4.52. The summed E-state index contributed by atoms with van der Waals surface area (Å²) >= 11 is 4.32. The molecule has 1 aliphatic rings. The number of hydrogen-bond donors (Lipinski definition) is 0. The Hall–Kier alpha value is -1.91. The van der Waals surface area contributed by atoms with E-state index in [2.05, 4.69) is 21.9 Å². The van der Waals surface area contributed by atoms with E-state index in [0.717, 1.165) is 16.7 Å². The molecule has 0 bridgehead atoms. The number of hydrogen-bond acceptors (Lipinski definition) is 5. The topological polar surface area (TPSA) is 55.8 Å². The van der Waals surface area contributed by atoms with Crippen molar-refractivity contribution in [3.05, 3.63) is 27.1 Å². The van der Waals surface area contributed by atoms with Crippen LogP contribution in [0.2, 0.25) is 0 Å². The molecule has 24 heavy (non-hydrogen) atoms. The van der Waals surface area contributed by atoms with Crippen molar-refractivity contribution >= 4 is 44.9 Å². The molecule has 126 valence electrons. The average Bonchev–Trinajstić information content (AvgIpc) is 2.77. The lowest BCUT2D eigenvalue weighted by Crippen LogP contribution is -2.28. The van der Waals surface area contributed by atoms with E-state index in [-0.39, 0.29) is 23.8 Å². The number of amides is 2. The first-order valence-electron chi connectivity index (χ1n) is 7.10. The molecule has 1 aromatic rings. The molecule has 0 unspecified atom stereocenters. The number of nitrogens with zero attached hydrogens (tertiary/aromatic N) is 1. The number of carbonyl (C=O) groups is 2. The number of imide groups is 1. The number of rotatable bonds is 5. The van der Waals surface area contributed by atoms with Gasteiger partial charge in [-0.05, 0) is 65.3 Å². The number of halogens is 1. The SMILES string of the molecule is C#CCN1C(=O)S/C(=C/c2cc(Br)c(OC(C)C)c(OC)c2)C1=O. The van der Waals surface area contributed by atoms with Gasteiger partial charge in [0.1, 0.15) is 0 Å². The van der Waals surface area contributed by atoms with Crippen LogP contribution in [-0.4, -0.2) is 35.8 Å². The van der Waals surface area contributed by atoms with E-state index < -0.39 is 0 Å². The standard InChI is InChI=1S/C17H16BrNO4S/c1-5-6-19-16(20)14(24-17(19)21)9-11-7-12(18)15(23-10(2)3)13(8-11)22-4/h1,7-10H,6H2,2-4H3/b14-9+. The minimum absolute atomic E-state index is 0.0127. The van der Waals surface area contributed by atoms with Crippen LogP contribution in [-0.2, 0) is 4.79 Å². The average molecular weight is 410 g/mol. The van der Waals surface area contributed by atoms with Crippen molar-refractivity contribution in [2.75, 3.05) is 13.7 Å². The first-order chi connectivity index (χ1) is 11.4. The summed E-state index contributed by atoms with van der Waals surface area (Å²) in [6, 6.07) is 3.55. The molecule has 1 aliphatic heterocycles. The molecular weight excluding hydrogens is 394 g/mol. The molecule has 1 fully saturated rings. The van der Waals surface area contributed by atoms with Crippen molar-refractivity contribution in [3.8, 4) is 23.8 Å². The van der Waals surface area contributed by atoms with Crippen LogP contribution < -0.4 is 9.47 Å². The monoisotopic (exact) mass is 409 g/mol. The molecule has 0 atom stereocenters. The molecule has 0 radical (unpaired) electrons. The highest BCUT2D eigenvalue weighted by atomic mass is 79.9. The van der Waals surface area contributed by atoms with Gasteiger partial charge in [-0.25, -0.2) is 0 Å². The normalized spacial score (nSPS) is 16.0. The van der Waals surface area contributed by atoms with E-state index in [4.69, 9.17) is 15.9 Å². The number of carbonyl (C=O) groups excluding carboxylic acids is 2. The lowest BCUT2D eigenvalue weighted by molar-refractivity contribution is -0.122. The van der Waals surface area contributed by atoms with Gasteiger partial charge in [0.15, 0.2) is 11.5 Å². The van der Waals surface area contributed by atoms with Gasteiger partial charge in [-0.2, -0.15) is 0 Å². The highest BCUT2D eigenvalue weighted by Gasteiger charge is 2.34. The van der Waals surface area contributed by atoms with Crippen LogP contribution in [0.25, 0.3) is 6.08 Å². The predicted octanol–water partition coefficient (Wildman–Crippen LogP) is 3.91. The molecule has 1 saturated heterocycles. The number of ether oxygens (including phenoxy) is 2. The quantitative estimate of drug-likeness (QED) is 0.544. The fourth-order valence-corrected chi connectivity index (χ4v) is 3.44. The number of terminal acetylenes is 1. The van der Waals surface area contributed by atoms with Gasteiger partial charge in [-0.3, -0.25) is 14.5 Å². The van der Waals surface area contributed by atoms with Gasteiger partial charge < -0.3 is 9.47 Å². The molecule has 2 rings (SSSR count). The van der Waals surface area contributed by atoms with Crippen LogP contribution in [0.15, 0.2) is 21.5 Å². The third kappa shape index (κ3) is 3.94. The van der Waals surface area contributed by atoms with Crippen LogP contribution in [0.5, 0.6) is 11.5 Å². The zero-order valence-corrected chi connectivity index (χ0v) is 15.9. The zero-order valence-electron chi connectivity index (χ0n) is 13.5. The van der Waals surface area contributed by atoms with Gasteiger partial charge in [0.05, 0.1) is 29.1 Å².